The van der Waals surface area contributed by atoms with Crippen LogP contribution in [-0.4, -0.2) is 15.6 Å². The van der Waals surface area contributed by atoms with E-state index in [2.05, 4.69) is 44.2 Å². The van der Waals surface area contributed by atoms with Crippen molar-refractivity contribution < 1.29 is 0 Å². The summed E-state index contributed by atoms with van der Waals surface area (Å²) in [6.45, 7) is 12.3. The molecule has 1 heterocycles. The molecule has 104 valence electrons. The zero-order valence-electron chi connectivity index (χ0n) is 12.6. The van der Waals surface area contributed by atoms with E-state index in [1.807, 2.05) is 12.4 Å². The molecule has 1 aromatic rings. The van der Waals surface area contributed by atoms with Gasteiger partial charge in [0.2, 0.25) is 0 Å². The minimum atomic E-state index is 0.218. The predicted octanol–water partition coefficient (Wildman–Crippen LogP) is 3.24. The number of rotatable bonds is 6. The van der Waals surface area contributed by atoms with Crippen LogP contribution < -0.4 is 5.73 Å². The van der Waals surface area contributed by atoms with Gasteiger partial charge in [0.1, 0.15) is 5.82 Å². The first-order valence-corrected chi connectivity index (χ1v) is 7.07. The monoisotopic (exact) mass is 251 g/mol. The molecule has 0 bridgehead atoms. The maximum absolute atomic E-state index is 6.25. The number of hydrogen-bond donors (Lipinski definition) is 1. The Bertz CT molecular complexity index is 349. The fourth-order valence-corrected chi connectivity index (χ4v) is 2.78. The average Bonchev–Trinajstić information content (AvgIpc) is 2.61. The van der Waals surface area contributed by atoms with Crippen LogP contribution in [0, 0.1) is 11.3 Å². The second-order valence-corrected chi connectivity index (χ2v) is 6.70. The Morgan fingerprint density at radius 3 is 2.61 bits per heavy atom. The van der Waals surface area contributed by atoms with E-state index < -0.39 is 0 Å². The SMILES string of the molecule is CCn1ccnc1CC(N)CC(C)CC(C)(C)C. The molecule has 2 unspecified atom stereocenters. The zero-order chi connectivity index (χ0) is 13.8. The van der Waals surface area contributed by atoms with E-state index in [1.54, 1.807) is 0 Å². The lowest BCUT2D eigenvalue weighted by Gasteiger charge is -2.25. The van der Waals surface area contributed by atoms with Crippen LogP contribution in [-0.2, 0) is 13.0 Å². The van der Waals surface area contributed by atoms with Crippen molar-refractivity contribution in [1.29, 1.82) is 0 Å². The highest BCUT2D eigenvalue weighted by molar-refractivity contribution is 4.95. The number of aryl methyl sites for hydroxylation is 1. The second kappa shape index (κ2) is 6.37. The van der Waals surface area contributed by atoms with Crippen molar-refractivity contribution in [2.24, 2.45) is 17.1 Å². The highest BCUT2D eigenvalue weighted by atomic mass is 15.1. The fraction of sp³-hybridized carbons (Fsp3) is 0.800. The van der Waals surface area contributed by atoms with Crippen LogP contribution in [0.15, 0.2) is 12.4 Å². The normalized spacial score (nSPS) is 15.7. The Hall–Kier alpha value is -0.830. The average molecular weight is 251 g/mol. The van der Waals surface area contributed by atoms with Gasteiger partial charge in [0.05, 0.1) is 0 Å². The third kappa shape index (κ3) is 5.21. The lowest BCUT2D eigenvalue weighted by atomic mass is 9.82. The van der Waals surface area contributed by atoms with Gasteiger partial charge in [0, 0.05) is 31.4 Å². The molecule has 0 fully saturated rings. The van der Waals surface area contributed by atoms with Gasteiger partial charge in [0.25, 0.3) is 0 Å². The molecule has 18 heavy (non-hydrogen) atoms. The molecule has 0 saturated carbocycles. The zero-order valence-corrected chi connectivity index (χ0v) is 12.6. The van der Waals surface area contributed by atoms with E-state index in [-0.39, 0.29) is 6.04 Å². The highest BCUT2D eigenvalue weighted by Crippen LogP contribution is 2.26. The Labute approximate surface area is 112 Å². The van der Waals surface area contributed by atoms with E-state index in [0.29, 0.717) is 11.3 Å². The number of nitrogens with two attached hydrogens (primary N) is 1. The van der Waals surface area contributed by atoms with Gasteiger partial charge in [-0.2, -0.15) is 0 Å². The standard InChI is InChI=1S/C15H29N3/c1-6-18-8-7-17-14(18)10-13(16)9-12(2)11-15(3,4)5/h7-8,12-13H,6,9-11,16H2,1-5H3. The van der Waals surface area contributed by atoms with Gasteiger partial charge in [0.15, 0.2) is 0 Å². The van der Waals surface area contributed by atoms with Crippen molar-refractivity contribution in [2.45, 2.75) is 66.5 Å². The van der Waals surface area contributed by atoms with Gasteiger partial charge in [-0.05, 0) is 31.1 Å². The van der Waals surface area contributed by atoms with Gasteiger partial charge in [-0.25, -0.2) is 4.98 Å². The predicted molar refractivity (Wildman–Crippen MR) is 77.4 cm³/mol. The summed E-state index contributed by atoms with van der Waals surface area (Å²) in [4.78, 5) is 4.39. The summed E-state index contributed by atoms with van der Waals surface area (Å²) in [6.07, 6.45) is 7.08. The van der Waals surface area contributed by atoms with Crippen molar-refractivity contribution in [3.63, 3.8) is 0 Å². The van der Waals surface area contributed by atoms with Crippen molar-refractivity contribution in [3.05, 3.63) is 18.2 Å². The Balaban J connectivity index is 2.44. The summed E-state index contributed by atoms with van der Waals surface area (Å²) >= 11 is 0. The van der Waals surface area contributed by atoms with E-state index in [4.69, 9.17) is 5.73 Å². The summed E-state index contributed by atoms with van der Waals surface area (Å²) in [5.74, 6) is 1.79. The molecule has 2 atom stereocenters. The van der Waals surface area contributed by atoms with Gasteiger partial charge in [-0.15, -0.1) is 0 Å². The largest absolute Gasteiger partial charge is 0.335 e. The van der Waals surface area contributed by atoms with Crippen LogP contribution in [0.5, 0.6) is 0 Å². The maximum Gasteiger partial charge on any atom is 0.110 e. The van der Waals surface area contributed by atoms with E-state index in [9.17, 15) is 0 Å². The summed E-state index contributed by atoms with van der Waals surface area (Å²) in [7, 11) is 0. The lowest BCUT2D eigenvalue weighted by Crippen LogP contribution is -2.28. The molecule has 0 radical (unpaired) electrons. The number of hydrogen-bond acceptors (Lipinski definition) is 2. The van der Waals surface area contributed by atoms with Crippen LogP contribution in [0.2, 0.25) is 0 Å². The number of nitrogens with zero attached hydrogens (tertiary/aromatic N) is 2. The van der Waals surface area contributed by atoms with Crippen LogP contribution in [0.25, 0.3) is 0 Å². The molecule has 2 N–H and O–H groups in total. The van der Waals surface area contributed by atoms with Crippen molar-refractivity contribution >= 4 is 0 Å². The van der Waals surface area contributed by atoms with Crippen LogP contribution in [0.3, 0.4) is 0 Å². The smallest absolute Gasteiger partial charge is 0.110 e. The van der Waals surface area contributed by atoms with Crippen molar-refractivity contribution in [1.82, 2.24) is 9.55 Å². The molecular formula is C15H29N3. The molecule has 1 rings (SSSR count). The molecule has 3 heteroatoms. The molecule has 0 aliphatic rings. The fourth-order valence-electron chi connectivity index (χ4n) is 2.78. The maximum atomic E-state index is 6.25. The van der Waals surface area contributed by atoms with Gasteiger partial charge >= 0.3 is 0 Å². The van der Waals surface area contributed by atoms with Crippen molar-refractivity contribution in [3.8, 4) is 0 Å². The molecule has 0 spiro atoms. The minimum absolute atomic E-state index is 0.218. The first-order valence-electron chi connectivity index (χ1n) is 7.07. The van der Waals surface area contributed by atoms with E-state index >= 15 is 0 Å². The third-order valence-corrected chi connectivity index (χ3v) is 3.25. The van der Waals surface area contributed by atoms with Gasteiger partial charge in [-0.3, -0.25) is 0 Å². The van der Waals surface area contributed by atoms with Crippen molar-refractivity contribution in [2.75, 3.05) is 0 Å². The molecule has 0 amide bonds. The summed E-state index contributed by atoms with van der Waals surface area (Å²) in [5.41, 5.74) is 6.64. The first kappa shape index (κ1) is 15.2. The molecule has 3 nitrogen and oxygen atoms in total. The Morgan fingerprint density at radius 2 is 2.06 bits per heavy atom. The quantitative estimate of drug-likeness (QED) is 0.843. The molecule has 1 aromatic heterocycles. The van der Waals surface area contributed by atoms with E-state index in [1.165, 1.54) is 6.42 Å². The highest BCUT2D eigenvalue weighted by Gasteiger charge is 2.18. The molecule has 0 saturated heterocycles. The summed E-state index contributed by atoms with van der Waals surface area (Å²) in [5, 5.41) is 0. The lowest BCUT2D eigenvalue weighted by molar-refractivity contribution is 0.284. The summed E-state index contributed by atoms with van der Waals surface area (Å²) < 4.78 is 2.17. The topological polar surface area (TPSA) is 43.8 Å². The Morgan fingerprint density at radius 1 is 1.39 bits per heavy atom. The minimum Gasteiger partial charge on any atom is -0.335 e. The van der Waals surface area contributed by atoms with Gasteiger partial charge in [-0.1, -0.05) is 27.7 Å². The molecular weight excluding hydrogens is 222 g/mol. The molecule has 0 aliphatic heterocycles. The van der Waals surface area contributed by atoms with E-state index in [0.717, 1.165) is 25.2 Å². The van der Waals surface area contributed by atoms with Crippen LogP contribution in [0.1, 0.15) is 53.3 Å². The van der Waals surface area contributed by atoms with Crippen LogP contribution >= 0.6 is 0 Å². The second-order valence-electron chi connectivity index (χ2n) is 6.70. The Kier molecular flexibility index (Phi) is 5.39. The molecule has 0 aliphatic carbocycles. The first-order chi connectivity index (χ1) is 8.31. The number of imidazole rings is 1. The number of aromatic nitrogens is 2. The third-order valence-electron chi connectivity index (χ3n) is 3.25. The van der Waals surface area contributed by atoms with Crippen LogP contribution in [0.4, 0.5) is 0 Å². The molecule has 0 aromatic carbocycles. The summed E-state index contributed by atoms with van der Waals surface area (Å²) in [6, 6.07) is 0.218. The van der Waals surface area contributed by atoms with Gasteiger partial charge < -0.3 is 10.3 Å².